The third-order valence-electron chi connectivity index (χ3n) is 3.11. The second-order valence-electron chi connectivity index (χ2n) is 4.68. The molecule has 0 saturated carbocycles. The van der Waals surface area contributed by atoms with Crippen LogP contribution >= 0.6 is 11.3 Å². The number of thiophene rings is 1. The number of carbonyl (C=O) groups is 3. The lowest BCUT2D eigenvalue weighted by molar-refractivity contribution is -0.136. The lowest BCUT2D eigenvalue weighted by atomic mass is 10.2. The number of esters is 1. The Hall–Kier alpha value is -1.93. The topological polar surface area (TPSA) is 93.7 Å². The molecular formula is C14H18N2O5S. The maximum absolute atomic E-state index is 11.8. The fourth-order valence-electron chi connectivity index (χ4n) is 2.03. The Balaban J connectivity index is 1.87. The Morgan fingerprint density at radius 3 is 2.91 bits per heavy atom. The highest BCUT2D eigenvalue weighted by Gasteiger charge is 2.22. The van der Waals surface area contributed by atoms with Crippen LogP contribution in [0, 0.1) is 0 Å². The predicted octanol–water partition coefficient (Wildman–Crippen LogP) is 1.16. The quantitative estimate of drug-likeness (QED) is 0.625. The molecule has 0 aromatic carbocycles. The summed E-state index contributed by atoms with van der Waals surface area (Å²) in [4.78, 5) is 35.3. The van der Waals surface area contributed by atoms with Crippen LogP contribution in [0.3, 0.4) is 0 Å². The van der Waals surface area contributed by atoms with Gasteiger partial charge in [-0.15, -0.1) is 11.3 Å². The summed E-state index contributed by atoms with van der Waals surface area (Å²) in [6.07, 6.45) is 1.80. The number of anilines is 1. The summed E-state index contributed by atoms with van der Waals surface area (Å²) in [7, 11) is 0. The van der Waals surface area contributed by atoms with Crippen LogP contribution in [0.2, 0.25) is 0 Å². The van der Waals surface area contributed by atoms with Crippen molar-refractivity contribution < 1.29 is 23.9 Å². The van der Waals surface area contributed by atoms with Gasteiger partial charge in [0.1, 0.15) is 5.00 Å². The SMILES string of the molecule is CCOC(=O)c1ccsc1NC(=O)C(=O)NC[C@H]1CCCO1. The van der Waals surface area contributed by atoms with Gasteiger partial charge in [-0.05, 0) is 31.2 Å². The van der Waals surface area contributed by atoms with Gasteiger partial charge in [-0.3, -0.25) is 9.59 Å². The Bertz CT molecular complexity index is 551. The van der Waals surface area contributed by atoms with E-state index in [-0.39, 0.29) is 18.3 Å². The van der Waals surface area contributed by atoms with Crippen molar-refractivity contribution in [1.29, 1.82) is 0 Å². The van der Waals surface area contributed by atoms with Crippen LogP contribution in [0.1, 0.15) is 30.1 Å². The van der Waals surface area contributed by atoms with E-state index in [1.54, 1.807) is 18.4 Å². The van der Waals surface area contributed by atoms with E-state index in [0.29, 0.717) is 18.2 Å². The van der Waals surface area contributed by atoms with Gasteiger partial charge >= 0.3 is 17.8 Å². The summed E-state index contributed by atoms with van der Waals surface area (Å²) in [6, 6.07) is 1.54. The molecule has 120 valence electrons. The van der Waals surface area contributed by atoms with E-state index in [0.717, 1.165) is 24.2 Å². The van der Waals surface area contributed by atoms with Crippen molar-refractivity contribution in [3.8, 4) is 0 Å². The Kier molecular flexibility index (Phi) is 5.91. The van der Waals surface area contributed by atoms with E-state index in [2.05, 4.69) is 10.6 Å². The van der Waals surface area contributed by atoms with Gasteiger partial charge in [0.25, 0.3) is 0 Å². The molecular weight excluding hydrogens is 308 g/mol. The number of hydrogen-bond donors (Lipinski definition) is 2. The first kappa shape index (κ1) is 16.4. The first-order valence-electron chi connectivity index (χ1n) is 7.07. The number of carbonyl (C=O) groups excluding carboxylic acids is 3. The lowest BCUT2D eigenvalue weighted by Gasteiger charge is -2.10. The zero-order valence-corrected chi connectivity index (χ0v) is 13.0. The Labute approximate surface area is 132 Å². The van der Waals surface area contributed by atoms with E-state index >= 15 is 0 Å². The van der Waals surface area contributed by atoms with Gasteiger partial charge in [-0.25, -0.2) is 4.79 Å². The zero-order chi connectivity index (χ0) is 15.9. The molecule has 0 radical (unpaired) electrons. The normalized spacial score (nSPS) is 17.0. The predicted molar refractivity (Wildman–Crippen MR) is 80.9 cm³/mol. The molecule has 0 unspecified atom stereocenters. The average molecular weight is 326 g/mol. The van der Waals surface area contributed by atoms with E-state index in [9.17, 15) is 14.4 Å². The van der Waals surface area contributed by atoms with Crippen molar-refractivity contribution in [3.63, 3.8) is 0 Å². The minimum atomic E-state index is -0.814. The monoisotopic (exact) mass is 326 g/mol. The molecule has 2 heterocycles. The molecule has 22 heavy (non-hydrogen) atoms. The zero-order valence-electron chi connectivity index (χ0n) is 12.2. The minimum absolute atomic E-state index is 0.0337. The molecule has 1 aliphatic rings. The molecule has 2 rings (SSSR count). The summed E-state index contributed by atoms with van der Waals surface area (Å²) in [5.41, 5.74) is 0.243. The number of amides is 2. The molecule has 7 nitrogen and oxygen atoms in total. The maximum atomic E-state index is 11.8. The van der Waals surface area contributed by atoms with Crippen molar-refractivity contribution in [2.45, 2.75) is 25.9 Å². The number of nitrogens with one attached hydrogen (secondary N) is 2. The molecule has 1 aromatic heterocycles. The molecule has 8 heteroatoms. The standard InChI is InChI=1S/C14H18N2O5S/c1-2-20-14(19)10-5-7-22-13(10)16-12(18)11(17)15-8-9-4-3-6-21-9/h5,7,9H,2-4,6,8H2,1H3,(H,15,17)(H,16,18)/t9-/m1/s1. The molecule has 1 saturated heterocycles. The van der Waals surface area contributed by atoms with Crippen LogP contribution in [-0.2, 0) is 19.1 Å². The fraction of sp³-hybridized carbons (Fsp3) is 0.500. The third kappa shape index (κ3) is 4.28. The molecule has 0 bridgehead atoms. The first-order valence-corrected chi connectivity index (χ1v) is 7.95. The first-order chi connectivity index (χ1) is 10.6. The summed E-state index contributed by atoms with van der Waals surface area (Å²) in [6.45, 7) is 2.93. The summed E-state index contributed by atoms with van der Waals surface area (Å²) in [5.74, 6) is -2.09. The molecule has 0 spiro atoms. The van der Waals surface area contributed by atoms with Crippen molar-refractivity contribution in [2.75, 3.05) is 25.1 Å². The summed E-state index contributed by atoms with van der Waals surface area (Å²) >= 11 is 1.16. The van der Waals surface area contributed by atoms with E-state index in [1.165, 1.54) is 0 Å². The van der Waals surface area contributed by atoms with Crippen LogP contribution in [0.15, 0.2) is 11.4 Å². The minimum Gasteiger partial charge on any atom is -0.462 e. The molecule has 0 aliphatic carbocycles. The van der Waals surface area contributed by atoms with Crippen molar-refractivity contribution >= 4 is 34.1 Å². The van der Waals surface area contributed by atoms with Crippen LogP contribution in [0.5, 0.6) is 0 Å². The summed E-state index contributed by atoms with van der Waals surface area (Å²) in [5, 5.41) is 6.90. The smallest absolute Gasteiger partial charge is 0.341 e. The lowest BCUT2D eigenvalue weighted by Crippen LogP contribution is -2.39. The van der Waals surface area contributed by atoms with Gasteiger partial charge in [0, 0.05) is 13.2 Å². The number of hydrogen-bond acceptors (Lipinski definition) is 6. The van der Waals surface area contributed by atoms with Gasteiger partial charge < -0.3 is 20.1 Å². The molecule has 1 atom stereocenters. The van der Waals surface area contributed by atoms with Crippen LogP contribution in [-0.4, -0.2) is 43.6 Å². The molecule has 2 N–H and O–H groups in total. The van der Waals surface area contributed by atoms with Crippen molar-refractivity contribution in [3.05, 3.63) is 17.0 Å². The highest BCUT2D eigenvalue weighted by molar-refractivity contribution is 7.14. The van der Waals surface area contributed by atoms with Gasteiger partial charge in [0.15, 0.2) is 0 Å². The van der Waals surface area contributed by atoms with E-state index in [1.807, 2.05) is 0 Å². The van der Waals surface area contributed by atoms with Gasteiger partial charge in [0.05, 0.1) is 18.3 Å². The second kappa shape index (κ2) is 7.90. The molecule has 1 aliphatic heterocycles. The maximum Gasteiger partial charge on any atom is 0.341 e. The van der Waals surface area contributed by atoms with Crippen LogP contribution < -0.4 is 10.6 Å². The summed E-state index contributed by atoms with van der Waals surface area (Å²) < 4.78 is 10.2. The molecule has 1 aromatic rings. The van der Waals surface area contributed by atoms with E-state index in [4.69, 9.17) is 9.47 Å². The van der Waals surface area contributed by atoms with Gasteiger partial charge in [-0.2, -0.15) is 0 Å². The second-order valence-corrected chi connectivity index (χ2v) is 5.60. The highest BCUT2D eigenvalue weighted by Crippen LogP contribution is 2.23. The molecule has 1 fully saturated rings. The van der Waals surface area contributed by atoms with Crippen molar-refractivity contribution in [1.82, 2.24) is 5.32 Å². The Morgan fingerprint density at radius 1 is 1.41 bits per heavy atom. The van der Waals surface area contributed by atoms with Gasteiger partial charge in [-0.1, -0.05) is 0 Å². The van der Waals surface area contributed by atoms with Crippen LogP contribution in [0.25, 0.3) is 0 Å². The van der Waals surface area contributed by atoms with E-state index < -0.39 is 17.8 Å². The van der Waals surface area contributed by atoms with Gasteiger partial charge in [0.2, 0.25) is 0 Å². The number of rotatable bonds is 5. The van der Waals surface area contributed by atoms with Crippen LogP contribution in [0.4, 0.5) is 5.00 Å². The number of ether oxygens (including phenoxy) is 2. The highest BCUT2D eigenvalue weighted by atomic mass is 32.1. The fourth-order valence-corrected chi connectivity index (χ4v) is 2.80. The third-order valence-corrected chi connectivity index (χ3v) is 3.94. The Morgan fingerprint density at radius 2 is 2.23 bits per heavy atom. The molecule has 2 amide bonds. The largest absolute Gasteiger partial charge is 0.462 e. The van der Waals surface area contributed by atoms with Crippen molar-refractivity contribution in [2.24, 2.45) is 0 Å². The average Bonchev–Trinajstić information content (AvgIpc) is 3.16.